The van der Waals surface area contributed by atoms with Gasteiger partial charge in [0.1, 0.15) is 11.9 Å². The molecule has 148 valence electrons. The number of pyridine rings is 1. The topological polar surface area (TPSA) is 96.5 Å². The molecule has 0 bridgehead atoms. The molecule has 2 aromatic rings. The van der Waals surface area contributed by atoms with Crippen LogP contribution in [0.15, 0.2) is 24.3 Å². The lowest BCUT2D eigenvalue weighted by Crippen LogP contribution is -2.32. The molecule has 1 aromatic carbocycles. The van der Waals surface area contributed by atoms with Gasteiger partial charge in [-0.15, -0.1) is 0 Å². The summed E-state index contributed by atoms with van der Waals surface area (Å²) in [6.07, 6.45) is 4.71. The zero-order valence-electron chi connectivity index (χ0n) is 16.2. The Morgan fingerprint density at radius 2 is 1.96 bits per heavy atom. The Morgan fingerprint density at radius 3 is 2.61 bits per heavy atom. The summed E-state index contributed by atoms with van der Waals surface area (Å²) in [5.41, 5.74) is 8.59. The number of hydrogen-bond acceptors (Lipinski definition) is 4. The van der Waals surface area contributed by atoms with E-state index in [1.807, 2.05) is 24.3 Å². The fraction of sp³-hybridized carbons (Fsp3) is 0.500. The molecular weight excluding hydrogens is 354 g/mol. The minimum atomic E-state index is -0.729. The summed E-state index contributed by atoms with van der Waals surface area (Å²) >= 11 is 0. The largest absolute Gasteiger partial charge is 0.373 e. The van der Waals surface area contributed by atoms with Gasteiger partial charge in [0, 0.05) is 24.8 Å². The van der Waals surface area contributed by atoms with Crippen molar-refractivity contribution in [2.45, 2.75) is 64.1 Å². The predicted molar refractivity (Wildman–Crippen MR) is 106 cm³/mol. The molecule has 28 heavy (non-hydrogen) atoms. The van der Waals surface area contributed by atoms with Gasteiger partial charge in [0.25, 0.3) is 5.91 Å². The van der Waals surface area contributed by atoms with Gasteiger partial charge in [-0.25, -0.2) is 4.98 Å². The van der Waals surface area contributed by atoms with E-state index >= 15 is 0 Å². The first-order valence-corrected chi connectivity index (χ1v) is 10.1. The van der Waals surface area contributed by atoms with Crippen molar-refractivity contribution in [2.75, 3.05) is 0 Å². The van der Waals surface area contributed by atoms with Crippen LogP contribution in [0.25, 0.3) is 10.9 Å². The smallest absolute Gasteiger partial charge is 0.267 e. The van der Waals surface area contributed by atoms with E-state index in [-0.39, 0.29) is 11.6 Å². The van der Waals surface area contributed by atoms with Crippen molar-refractivity contribution in [3.63, 3.8) is 0 Å². The Kier molecular flexibility index (Phi) is 5.06. The number of nitrogens with two attached hydrogens (primary N) is 1. The average Bonchev–Trinajstić information content (AvgIpc) is 2.99. The molecule has 6 heteroatoms. The van der Waals surface area contributed by atoms with Crippen LogP contribution < -0.4 is 5.73 Å². The SMILES string of the molecule is CC1CCC(c2cc(C(N)=O)nc3cc(CN4C(=O)CCC4O)ccc23)CC1. The van der Waals surface area contributed by atoms with Gasteiger partial charge < -0.3 is 15.7 Å². The summed E-state index contributed by atoms with van der Waals surface area (Å²) in [7, 11) is 0. The number of carbonyl (C=O) groups is 2. The highest BCUT2D eigenvalue weighted by molar-refractivity contribution is 5.95. The van der Waals surface area contributed by atoms with Crippen LogP contribution in [-0.4, -0.2) is 33.0 Å². The molecule has 1 aliphatic heterocycles. The highest BCUT2D eigenvalue weighted by atomic mass is 16.3. The molecule has 2 aliphatic rings. The Morgan fingerprint density at radius 1 is 1.21 bits per heavy atom. The van der Waals surface area contributed by atoms with Crippen molar-refractivity contribution < 1.29 is 14.7 Å². The third kappa shape index (κ3) is 3.61. The molecule has 2 heterocycles. The fourth-order valence-electron chi connectivity index (χ4n) is 4.54. The van der Waals surface area contributed by atoms with E-state index in [9.17, 15) is 14.7 Å². The molecule has 1 saturated carbocycles. The van der Waals surface area contributed by atoms with Gasteiger partial charge in [-0.1, -0.05) is 31.9 Å². The number of benzene rings is 1. The number of likely N-dealkylation sites (tertiary alicyclic amines) is 1. The molecule has 4 rings (SSSR count). The third-order valence-electron chi connectivity index (χ3n) is 6.26. The maximum atomic E-state index is 12.0. The molecule has 2 fully saturated rings. The number of amides is 2. The zero-order valence-corrected chi connectivity index (χ0v) is 16.2. The molecule has 2 amide bonds. The van der Waals surface area contributed by atoms with Gasteiger partial charge in [-0.2, -0.15) is 0 Å². The molecular formula is C22H27N3O3. The van der Waals surface area contributed by atoms with Crippen LogP contribution in [0.3, 0.4) is 0 Å². The van der Waals surface area contributed by atoms with E-state index in [1.165, 1.54) is 17.7 Å². The first kappa shape index (κ1) is 18.9. The lowest BCUT2D eigenvalue weighted by Gasteiger charge is -2.27. The number of aromatic nitrogens is 1. The minimum Gasteiger partial charge on any atom is -0.373 e. The summed E-state index contributed by atoms with van der Waals surface area (Å²) in [5, 5.41) is 11.1. The van der Waals surface area contributed by atoms with E-state index in [1.54, 1.807) is 0 Å². The van der Waals surface area contributed by atoms with Crippen molar-refractivity contribution >= 4 is 22.7 Å². The van der Waals surface area contributed by atoms with Gasteiger partial charge in [0.2, 0.25) is 5.91 Å². The molecule has 0 radical (unpaired) electrons. The van der Waals surface area contributed by atoms with Crippen LogP contribution >= 0.6 is 0 Å². The number of aliphatic hydroxyl groups excluding tert-OH is 1. The Labute approximate surface area is 164 Å². The maximum Gasteiger partial charge on any atom is 0.267 e. The molecule has 1 aliphatic carbocycles. The van der Waals surface area contributed by atoms with E-state index in [4.69, 9.17) is 5.73 Å². The van der Waals surface area contributed by atoms with Crippen LogP contribution in [0.2, 0.25) is 0 Å². The van der Waals surface area contributed by atoms with Crippen LogP contribution in [0, 0.1) is 5.92 Å². The number of nitrogens with zero attached hydrogens (tertiary/aromatic N) is 2. The number of fused-ring (bicyclic) bond motifs is 1. The first-order chi connectivity index (χ1) is 13.4. The van der Waals surface area contributed by atoms with Crippen LogP contribution in [-0.2, 0) is 11.3 Å². The van der Waals surface area contributed by atoms with Crippen molar-refractivity contribution in [2.24, 2.45) is 11.7 Å². The Hall–Kier alpha value is -2.47. The molecule has 1 atom stereocenters. The predicted octanol–water partition coefficient (Wildman–Crippen LogP) is 3.07. The number of hydrogen-bond donors (Lipinski definition) is 2. The second-order valence-electron chi connectivity index (χ2n) is 8.31. The molecule has 3 N–H and O–H groups in total. The van der Waals surface area contributed by atoms with Crippen LogP contribution in [0.5, 0.6) is 0 Å². The standard InChI is InChI=1S/C22H27N3O3/c1-13-2-5-15(6-3-13)17-11-19(22(23)28)24-18-10-14(4-7-16(17)18)12-25-20(26)8-9-21(25)27/h4,7,10-11,13,15,20,26H,2-3,5-6,8-9,12H2,1H3,(H2,23,28). The van der Waals surface area contributed by atoms with E-state index in [2.05, 4.69) is 11.9 Å². The number of aliphatic hydroxyl groups is 1. The summed E-state index contributed by atoms with van der Waals surface area (Å²) in [4.78, 5) is 29.8. The summed E-state index contributed by atoms with van der Waals surface area (Å²) < 4.78 is 0. The van der Waals surface area contributed by atoms with Crippen molar-refractivity contribution in [1.29, 1.82) is 0 Å². The quantitative estimate of drug-likeness (QED) is 0.851. The van der Waals surface area contributed by atoms with Gasteiger partial charge in [0.05, 0.1) is 5.52 Å². The van der Waals surface area contributed by atoms with Gasteiger partial charge in [-0.05, 0) is 47.9 Å². The second-order valence-corrected chi connectivity index (χ2v) is 8.31. The molecule has 1 aromatic heterocycles. The van der Waals surface area contributed by atoms with Crippen molar-refractivity contribution in [1.82, 2.24) is 9.88 Å². The normalized spacial score (nSPS) is 25.4. The van der Waals surface area contributed by atoms with Crippen molar-refractivity contribution in [3.05, 3.63) is 41.1 Å². The summed E-state index contributed by atoms with van der Waals surface area (Å²) in [6, 6.07) is 7.79. The highest BCUT2D eigenvalue weighted by Gasteiger charge is 2.29. The monoisotopic (exact) mass is 381 g/mol. The lowest BCUT2D eigenvalue weighted by atomic mass is 9.78. The molecule has 0 spiro atoms. The van der Waals surface area contributed by atoms with Crippen molar-refractivity contribution in [3.8, 4) is 0 Å². The second kappa shape index (κ2) is 7.51. The fourth-order valence-corrected chi connectivity index (χ4v) is 4.54. The molecule has 1 unspecified atom stereocenters. The minimum absolute atomic E-state index is 0.0385. The van der Waals surface area contributed by atoms with E-state index < -0.39 is 12.1 Å². The first-order valence-electron chi connectivity index (χ1n) is 10.1. The molecule has 6 nitrogen and oxygen atoms in total. The molecule has 1 saturated heterocycles. The number of rotatable bonds is 4. The van der Waals surface area contributed by atoms with E-state index in [0.29, 0.717) is 25.3 Å². The number of primary amides is 1. The summed E-state index contributed by atoms with van der Waals surface area (Å²) in [5.74, 6) is 0.593. The van der Waals surface area contributed by atoms with Gasteiger partial charge in [-0.3, -0.25) is 9.59 Å². The van der Waals surface area contributed by atoms with Gasteiger partial charge in [0.15, 0.2) is 0 Å². The maximum absolute atomic E-state index is 12.0. The van der Waals surface area contributed by atoms with Gasteiger partial charge >= 0.3 is 0 Å². The van der Waals surface area contributed by atoms with Crippen LogP contribution in [0.4, 0.5) is 0 Å². The third-order valence-corrected chi connectivity index (χ3v) is 6.26. The number of carbonyl (C=O) groups excluding carboxylic acids is 2. The Bertz CT molecular complexity index is 919. The zero-order chi connectivity index (χ0) is 19.8. The highest BCUT2D eigenvalue weighted by Crippen LogP contribution is 2.38. The van der Waals surface area contributed by atoms with Crippen LogP contribution in [0.1, 0.15) is 73.0 Å². The summed E-state index contributed by atoms with van der Waals surface area (Å²) in [6.45, 7) is 2.63. The Balaban J connectivity index is 1.71. The average molecular weight is 381 g/mol. The lowest BCUT2D eigenvalue weighted by molar-refractivity contribution is -0.134. The van der Waals surface area contributed by atoms with E-state index in [0.717, 1.165) is 40.8 Å².